The molecule has 152 valence electrons. The molecule has 0 saturated carbocycles. The molecule has 1 amide bonds. The molecule has 0 radical (unpaired) electrons. The number of halogens is 3. The molecule has 0 bridgehead atoms. The summed E-state index contributed by atoms with van der Waals surface area (Å²) < 4.78 is 4.17. The van der Waals surface area contributed by atoms with Gasteiger partial charge in [-0.2, -0.15) is 10.2 Å². The highest BCUT2D eigenvalue weighted by Crippen LogP contribution is 2.25. The van der Waals surface area contributed by atoms with Crippen LogP contribution in [0.15, 0.2) is 71.6 Å². The van der Waals surface area contributed by atoms with Crippen LogP contribution in [0.25, 0.3) is 0 Å². The predicted molar refractivity (Wildman–Crippen MR) is 121 cm³/mol. The number of hydrogen-bond donors (Lipinski definition) is 1. The Morgan fingerprint density at radius 3 is 2.70 bits per heavy atom. The highest BCUT2D eigenvalue weighted by Gasteiger charge is 2.13. The van der Waals surface area contributed by atoms with E-state index in [1.807, 2.05) is 36.5 Å². The van der Waals surface area contributed by atoms with Crippen LogP contribution in [0.5, 0.6) is 0 Å². The summed E-state index contributed by atoms with van der Waals surface area (Å²) >= 11 is 15.6. The van der Waals surface area contributed by atoms with Crippen molar-refractivity contribution in [3.05, 3.63) is 98.3 Å². The third kappa shape index (κ3) is 4.92. The number of nitrogens with one attached hydrogen (secondary N) is 1. The number of rotatable bonds is 6. The smallest absolute Gasteiger partial charge is 0.256 e. The molecule has 0 atom stereocenters. The van der Waals surface area contributed by atoms with Gasteiger partial charge in [-0.1, -0.05) is 41.4 Å². The second-order valence-corrected chi connectivity index (χ2v) is 8.32. The summed E-state index contributed by atoms with van der Waals surface area (Å²) in [6.07, 6.45) is 5.39. The third-order valence-electron chi connectivity index (χ3n) is 4.39. The number of benzene rings is 2. The maximum atomic E-state index is 12.7. The number of carbonyl (C=O) groups excluding carboxylic acids is 1. The van der Waals surface area contributed by atoms with E-state index in [4.69, 9.17) is 23.2 Å². The molecule has 1 N–H and O–H groups in total. The van der Waals surface area contributed by atoms with Gasteiger partial charge >= 0.3 is 0 Å². The standard InChI is InChI=1S/C21H16BrCl2N5O/c22-18-13-29(12-16-5-6-17(23)10-19(16)24)27-20(18)26-21(30)15-4-1-3-14(9-15)11-28-8-2-7-25-28/h1-10,13H,11-12H2,(H,26,27,30). The zero-order chi connectivity index (χ0) is 21.1. The van der Waals surface area contributed by atoms with Crippen LogP contribution in [0.4, 0.5) is 5.82 Å². The lowest BCUT2D eigenvalue weighted by atomic mass is 10.1. The lowest BCUT2D eigenvalue weighted by molar-refractivity contribution is 0.102. The summed E-state index contributed by atoms with van der Waals surface area (Å²) in [6.45, 7) is 1.04. The van der Waals surface area contributed by atoms with Crippen molar-refractivity contribution < 1.29 is 4.79 Å². The second-order valence-electron chi connectivity index (χ2n) is 6.62. The van der Waals surface area contributed by atoms with Gasteiger partial charge in [0.05, 0.1) is 17.6 Å². The lowest BCUT2D eigenvalue weighted by Crippen LogP contribution is -2.14. The van der Waals surface area contributed by atoms with Gasteiger partial charge in [-0.05, 0) is 57.4 Å². The molecule has 9 heteroatoms. The zero-order valence-corrected chi connectivity index (χ0v) is 18.7. The summed E-state index contributed by atoms with van der Waals surface area (Å²) in [5.41, 5.74) is 2.40. The first-order chi connectivity index (χ1) is 14.5. The van der Waals surface area contributed by atoms with Gasteiger partial charge in [0.1, 0.15) is 0 Å². The summed E-state index contributed by atoms with van der Waals surface area (Å²) in [7, 11) is 0. The summed E-state index contributed by atoms with van der Waals surface area (Å²) in [4.78, 5) is 12.7. The Morgan fingerprint density at radius 2 is 1.93 bits per heavy atom. The Morgan fingerprint density at radius 1 is 1.07 bits per heavy atom. The van der Waals surface area contributed by atoms with Crippen molar-refractivity contribution in [2.45, 2.75) is 13.1 Å². The molecule has 0 aliphatic rings. The van der Waals surface area contributed by atoms with Gasteiger partial charge in [0.2, 0.25) is 0 Å². The molecule has 30 heavy (non-hydrogen) atoms. The summed E-state index contributed by atoms with van der Waals surface area (Å²) in [5, 5.41) is 12.6. The van der Waals surface area contributed by atoms with Gasteiger partial charge in [-0.25, -0.2) is 0 Å². The van der Waals surface area contributed by atoms with E-state index in [1.165, 1.54) is 0 Å². The van der Waals surface area contributed by atoms with Crippen LogP contribution >= 0.6 is 39.1 Å². The normalized spacial score (nSPS) is 10.9. The first kappa shape index (κ1) is 20.7. The van der Waals surface area contributed by atoms with E-state index in [2.05, 4.69) is 31.4 Å². The van der Waals surface area contributed by atoms with Crippen molar-refractivity contribution in [3.63, 3.8) is 0 Å². The number of nitrogens with zero attached hydrogens (tertiary/aromatic N) is 4. The Balaban J connectivity index is 1.47. The molecule has 0 fully saturated rings. The highest BCUT2D eigenvalue weighted by atomic mass is 79.9. The molecule has 0 aliphatic carbocycles. The van der Waals surface area contributed by atoms with E-state index in [1.54, 1.807) is 40.0 Å². The monoisotopic (exact) mass is 503 g/mol. The summed E-state index contributed by atoms with van der Waals surface area (Å²) in [6, 6.07) is 14.6. The molecule has 2 aromatic heterocycles. The number of aromatic nitrogens is 4. The topological polar surface area (TPSA) is 64.7 Å². The molecule has 0 unspecified atom stereocenters. The Kier molecular flexibility index (Phi) is 6.22. The number of amides is 1. The largest absolute Gasteiger partial charge is 0.304 e. The van der Waals surface area contributed by atoms with E-state index in [9.17, 15) is 4.79 Å². The average Bonchev–Trinajstić information content (AvgIpc) is 3.34. The Labute approximate surface area is 191 Å². The van der Waals surface area contributed by atoms with Crippen molar-refractivity contribution in [3.8, 4) is 0 Å². The van der Waals surface area contributed by atoms with E-state index in [0.717, 1.165) is 11.1 Å². The molecule has 2 aromatic carbocycles. The third-order valence-corrected chi connectivity index (χ3v) is 5.56. The van der Waals surface area contributed by atoms with Crippen LogP contribution in [-0.4, -0.2) is 25.5 Å². The molecule has 4 rings (SSSR count). The SMILES string of the molecule is O=C(Nc1nn(Cc2ccc(Cl)cc2Cl)cc1Br)c1cccc(Cn2cccn2)c1. The van der Waals surface area contributed by atoms with Crippen LogP contribution < -0.4 is 5.32 Å². The second kappa shape index (κ2) is 9.04. The summed E-state index contributed by atoms with van der Waals surface area (Å²) in [5.74, 6) is 0.190. The van der Waals surface area contributed by atoms with Crippen molar-refractivity contribution in [1.29, 1.82) is 0 Å². The molecule has 2 heterocycles. The fourth-order valence-corrected chi connectivity index (χ4v) is 3.84. The fraction of sp³-hybridized carbons (Fsp3) is 0.0952. The highest BCUT2D eigenvalue weighted by molar-refractivity contribution is 9.10. The maximum Gasteiger partial charge on any atom is 0.256 e. The molecule has 0 spiro atoms. The van der Waals surface area contributed by atoms with Crippen molar-refractivity contribution in [1.82, 2.24) is 19.6 Å². The fourth-order valence-electron chi connectivity index (χ4n) is 2.96. The van der Waals surface area contributed by atoms with Crippen LogP contribution in [0.3, 0.4) is 0 Å². The molecular weight excluding hydrogens is 489 g/mol. The predicted octanol–water partition coefficient (Wildman–Crippen LogP) is 5.50. The maximum absolute atomic E-state index is 12.7. The first-order valence-electron chi connectivity index (χ1n) is 9.02. The van der Waals surface area contributed by atoms with Gasteiger partial charge in [0.25, 0.3) is 5.91 Å². The van der Waals surface area contributed by atoms with E-state index in [-0.39, 0.29) is 5.91 Å². The van der Waals surface area contributed by atoms with E-state index >= 15 is 0 Å². The Bertz CT molecular complexity index is 1190. The Hall–Kier alpha value is -2.61. The molecule has 6 nitrogen and oxygen atoms in total. The molecule has 0 aliphatic heterocycles. The average molecular weight is 505 g/mol. The quantitative estimate of drug-likeness (QED) is 0.377. The van der Waals surface area contributed by atoms with E-state index < -0.39 is 0 Å². The van der Waals surface area contributed by atoms with Crippen LogP contribution in [0.2, 0.25) is 10.0 Å². The van der Waals surface area contributed by atoms with Crippen molar-refractivity contribution in [2.24, 2.45) is 0 Å². The van der Waals surface area contributed by atoms with Gasteiger partial charge in [-0.3, -0.25) is 14.2 Å². The van der Waals surface area contributed by atoms with E-state index in [0.29, 0.717) is 39.0 Å². The number of hydrogen-bond acceptors (Lipinski definition) is 3. The number of carbonyl (C=O) groups is 1. The van der Waals surface area contributed by atoms with Crippen LogP contribution in [0, 0.1) is 0 Å². The minimum Gasteiger partial charge on any atom is -0.304 e. The first-order valence-corrected chi connectivity index (χ1v) is 10.6. The molecule has 0 saturated heterocycles. The molecular formula is C21H16BrCl2N5O. The number of anilines is 1. The zero-order valence-electron chi connectivity index (χ0n) is 15.6. The van der Waals surface area contributed by atoms with Crippen LogP contribution in [-0.2, 0) is 13.1 Å². The minimum absolute atomic E-state index is 0.243. The van der Waals surface area contributed by atoms with Crippen molar-refractivity contribution >= 4 is 50.9 Å². The van der Waals surface area contributed by atoms with Gasteiger partial charge in [0, 0.05) is 34.2 Å². The minimum atomic E-state index is -0.243. The van der Waals surface area contributed by atoms with Crippen molar-refractivity contribution in [2.75, 3.05) is 5.32 Å². The van der Waals surface area contributed by atoms with Gasteiger partial charge < -0.3 is 5.32 Å². The van der Waals surface area contributed by atoms with Gasteiger partial charge in [0.15, 0.2) is 5.82 Å². The van der Waals surface area contributed by atoms with Gasteiger partial charge in [-0.15, -0.1) is 0 Å². The lowest BCUT2D eigenvalue weighted by Gasteiger charge is -2.07. The molecule has 4 aromatic rings. The van der Waals surface area contributed by atoms with Crippen LogP contribution in [0.1, 0.15) is 21.5 Å².